The number of benzene rings is 1. The predicted octanol–water partition coefficient (Wildman–Crippen LogP) is 2.43. The Bertz CT molecular complexity index is 1140. The molecule has 6 nitrogen and oxygen atoms in total. The van der Waals surface area contributed by atoms with E-state index in [9.17, 15) is 13.2 Å². The van der Waals surface area contributed by atoms with E-state index in [0.717, 1.165) is 16.8 Å². The van der Waals surface area contributed by atoms with Crippen LogP contribution in [0, 0.1) is 0 Å². The molecule has 0 saturated heterocycles. The molecule has 3 aromatic rings. The number of pyridine rings is 2. The third-order valence-electron chi connectivity index (χ3n) is 4.35. The van der Waals surface area contributed by atoms with E-state index in [1.807, 2.05) is 18.2 Å². The zero-order valence-corrected chi connectivity index (χ0v) is 16.6. The number of ether oxygens (including phenoxy) is 1. The second-order valence-corrected chi connectivity index (χ2v) is 8.63. The monoisotopic (exact) mass is 398 g/mol. The number of nitrogens with zero attached hydrogens (tertiary/aromatic N) is 2. The van der Waals surface area contributed by atoms with Gasteiger partial charge in [-0.3, -0.25) is 9.78 Å². The zero-order chi connectivity index (χ0) is 20.1. The van der Waals surface area contributed by atoms with Gasteiger partial charge in [0, 0.05) is 43.9 Å². The van der Waals surface area contributed by atoms with Gasteiger partial charge in [-0.1, -0.05) is 18.2 Å². The summed E-state index contributed by atoms with van der Waals surface area (Å²) in [4.78, 5) is 16.6. The normalized spacial score (nSPS) is 11.5. The molecule has 0 spiro atoms. The molecule has 0 radical (unpaired) electrons. The van der Waals surface area contributed by atoms with E-state index in [-0.39, 0.29) is 17.0 Å². The first-order valence-corrected chi connectivity index (χ1v) is 10.7. The Morgan fingerprint density at radius 2 is 1.89 bits per heavy atom. The summed E-state index contributed by atoms with van der Waals surface area (Å²) < 4.78 is 31.3. The van der Waals surface area contributed by atoms with Crippen molar-refractivity contribution >= 4 is 9.84 Å². The minimum atomic E-state index is -3.45. The molecule has 0 atom stereocenters. The molecule has 0 bridgehead atoms. The molecular formula is C21H22N2O4S. The maximum absolute atomic E-state index is 12.4. The number of aromatic nitrogens is 2. The van der Waals surface area contributed by atoms with Crippen LogP contribution in [0.3, 0.4) is 0 Å². The van der Waals surface area contributed by atoms with Crippen molar-refractivity contribution < 1.29 is 13.2 Å². The van der Waals surface area contributed by atoms with Gasteiger partial charge in [-0.05, 0) is 41.0 Å². The first-order valence-electron chi connectivity index (χ1n) is 8.77. The van der Waals surface area contributed by atoms with Gasteiger partial charge in [-0.2, -0.15) is 0 Å². The number of rotatable bonds is 7. The summed E-state index contributed by atoms with van der Waals surface area (Å²) in [5.41, 5.74) is 3.09. The summed E-state index contributed by atoms with van der Waals surface area (Å²) in [6, 6.07) is 14.0. The van der Waals surface area contributed by atoms with E-state index in [1.54, 1.807) is 43.8 Å². The lowest BCUT2D eigenvalue weighted by atomic mass is 10.1. The van der Waals surface area contributed by atoms with Crippen LogP contribution in [0.5, 0.6) is 0 Å². The largest absolute Gasteiger partial charge is 0.380 e. The predicted molar refractivity (Wildman–Crippen MR) is 107 cm³/mol. The quantitative estimate of drug-likeness (QED) is 0.611. The molecule has 0 aliphatic rings. The smallest absolute Gasteiger partial charge is 0.250 e. The highest BCUT2D eigenvalue weighted by molar-refractivity contribution is 7.90. The maximum atomic E-state index is 12.4. The summed E-state index contributed by atoms with van der Waals surface area (Å²) in [6.07, 6.45) is 5.05. The van der Waals surface area contributed by atoms with Crippen molar-refractivity contribution in [2.75, 3.05) is 13.4 Å². The Morgan fingerprint density at radius 3 is 2.61 bits per heavy atom. The van der Waals surface area contributed by atoms with Crippen LogP contribution >= 0.6 is 0 Å². The van der Waals surface area contributed by atoms with E-state index in [4.69, 9.17) is 4.74 Å². The van der Waals surface area contributed by atoms with Gasteiger partial charge in [0.1, 0.15) is 0 Å². The molecule has 0 aliphatic heterocycles. The van der Waals surface area contributed by atoms with Crippen molar-refractivity contribution in [3.63, 3.8) is 0 Å². The highest BCUT2D eigenvalue weighted by Gasteiger charge is 2.15. The lowest BCUT2D eigenvalue weighted by molar-refractivity contribution is 0.185. The van der Waals surface area contributed by atoms with Crippen LogP contribution in [0.1, 0.15) is 22.4 Å². The summed E-state index contributed by atoms with van der Waals surface area (Å²) >= 11 is 0. The summed E-state index contributed by atoms with van der Waals surface area (Å²) in [5, 5.41) is 0. The van der Waals surface area contributed by atoms with Gasteiger partial charge in [0.25, 0.3) is 5.56 Å². The molecule has 146 valence electrons. The van der Waals surface area contributed by atoms with Crippen molar-refractivity contribution in [2.45, 2.75) is 24.5 Å². The Labute approximate surface area is 164 Å². The van der Waals surface area contributed by atoms with Crippen LogP contribution < -0.4 is 5.56 Å². The third kappa shape index (κ3) is 4.94. The van der Waals surface area contributed by atoms with Gasteiger partial charge in [0.05, 0.1) is 18.0 Å². The Kier molecular flexibility index (Phi) is 6.06. The second-order valence-electron chi connectivity index (χ2n) is 6.65. The second kappa shape index (κ2) is 8.50. The molecule has 0 N–H and O–H groups in total. The van der Waals surface area contributed by atoms with Crippen LogP contribution in [0.15, 0.2) is 70.6 Å². The molecule has 2 aromatic heterocycles. The highest BCUT2D eigenvalue weighted by atomic mass is 32.2. The average Bonchev–Trinajstić information content (AvgIpc) is 2.64. The number of hydrogen-bond acceptors (Lipinski definition) is 5. The lowest BCUT2D eigenvalue weighted by Crippen LogP contribution is -2.19. The molecule has 0 saturated carbocycles. The first kappa shape index (κ1) is 20.0. The average molecular weight is 398 g/mol. The van der Waals surface area contributed by atoms with Crippen LogP contribution in [-0.4, -0.2) is 31.3 Å². The summed E-state index contributed by atoms with van der Waals surface area (Å²) in [5.74, 6) is 0. The third-order valence-corrected chi connectivity index (χ3v) is 5.53. The van der Waals surface area contributed by atoms with Crippen molar-refractivity contribution in [3.05, 3.63) is 93.7 Å². The Morgan fingerprint density at radius 1 is 1.07 bits per heavy atom. The van der Waals surface area contributed by atoms with Crippen molar-refractivity contribution in [3.8, 4) is 0 Å². The number of hydrogen-bond donors (Lipinski definition) is 0. The minimum absolute atomic E-state index is 0.176. The van der Waals surface area contributed by atoms with Gasteiger partial charge in [0.2, 0.25) is 0 Å². The molecule has 1 aromatic carbocycles. The van der Waals surface area contributed by atoms with Crippen LogP contribution in [-0.2, 0) is 34.1 Å². The molecule has 0 unspecified atom stereocenters. The summed E-state index contributed by atoms with van der Waals surface area (Å²) in [7, 11) is -1.82. The van der Waals surface area contributed by atoms with Gasteiger partial charge in [-0.25, -0.2) is 8.42 Å². The van der Waals surface area contributed by atoms with Gasteiger partial charge in [0.15, 0.2) is 9.84 Å². The summed E-state index contributed by atoms with van der Waals surface area (Å²) in [6.45, 7) is 0.693. The van der Waals surface area contributed by atoms with Crippen LogP contribution in [0.2, 0.25) is 0 Å². The molecule has 0 amide bonds. The molecule has 2 heterocycles. The number of methoxy groups -OCH3 is 1. The minimum Gasteiger partial charge on any atom is -0.380 e. The Hall–Kier alpha value is -2.77. The Balaban J connectivity index is 1.94. The topological polar surface area (TPSA) is 78.3 Å². The van der Waals surface area contributed by atoms with Gasteiger partial charge in [-0.15, -0.1) is 0 Å². The standard InChI is InChI=1S/C21H22N2O4S/c1-27-15-17-8-9-22-19(12-17)11-16-6-7-18(20(13-16)28(2,25)26)14-23-10-4-3-5-21(23)24/h3-10,12-13H,11,14-15H2,1-2H3. The molecule has 7 heteroatoms. The van der Waals surface area contributed by atoms with Gasteiger partial charge >= 0.3 is 0 Å². The zero-order valence-electron chi connectivity index (χ0n) is 15.8. The van der Waals surface area contributed by atoms with E-state index >= 15 is 0 Å². The fraction of sp³-hybridized carbons (Fsp3) is 0.238. The first-order chi connectivity index (χ1) is 13.4. The van der Waals surface area contributed by atoms with Crippen molar-refractivity contribution in [1.82, 2.24) is 9.55 Å². The van der Waals surface area contributed by atoms with Crippen LogP contribution in [0.4, 0.5) is 0 Å². The number of sulfone groups is 1. The van der Waals surface area contributed by atoms with E-state index in [0.29, 0.717) is 18.6 Å². The fourth-order valence-electron chi connectivity index (χ4n) is 3.05. The van der Waals surface area contributed by atoms with Crippen molar-refractivity contribution in [1.29, 1.82) is 0 Å². The molecule has 28 heavy (non-hydrogen) atoms. The highest BCUT2D eigenvalue weighted by Crippen LogP contribution is 2.21. The SMILES string of the molecule is COCc1ccnc(Cc2ccc(Cn3ccccc3=O)c(S(C)(=O)=O)c2)c1. The molecular weight excluding hydrogens is 376 g/mol. The molecule has 3 rings (SSSR count). The van der Waals surface area contributed by atoms with Crippen molar-refractivity contribution in [2.24, 2.45) is 0 Å². The fourth-order valence-corrected chi connectivity index (χ4v) is 4.02. The van der Waals surface area contributed by atoms with E-state index < -0.39 is 9.84 Å². The van der Waals surface area contributed by atoms with Gasteiger partial charge < -0.3 is 9.30 Å². The van der Waals surface area contributed by atoms with E-state index in [2.05, 4.69) is 4.98 Å². The van der Waals surface area contributed by atoms with Crippen LogP contribution in [0.25, 0.3) is 0 Å². The lowest BCUT2D eigenvalue weighted by Gasteiger charge is -2.12. The maximum Gasteiger partial charge on any atom is 0.250 e. The van der Waals surface area contributed by atoms with E-state index in [1.165, 1.54) is 16.9 Å². The molecule has 0 aliphatic carbocycles. The molecule has 0 fully saturated rings.